The lowest BCUT2D eigenvalue weighted by atomic mass is 10.1. The minimum absolute atomic E-state index is 0.294. The second-order valence-electron chi connectivity index (χ2n) is 7.73. The van der Waals surface area contributed by atoms with Crippen LogP contribution in [0.2, 0.25) is 0 Å². The zero-order valence-electron chi connectivity index (χ0n) is 18.8. The maximum absolute atomic E-state index is 13.3. The molecule has 0 aliphatic rings. The molecule has 2 amide bonds. The molecule has 0 heterocycles. The summed E-state index contributed by atoms with van der Waals surface area (Å²) in [4.78, 5) is 27.0. The highest BCUT2D eigenvalue weighted by atomic mass is 32.2. The van der Waals surface area contributed by atoms with Gasteiger partial charge < -0.3 is 10.2 Å². The van der Waals surface area contributed by atoms with Gasteiger partial charge in [0, 0.05) is 13.6 Å². The minimum Gasteiger partial charge on any atom is -0.357 e. The number of sulfonamides is 1. The Labute approximate surface area is 185 Å². The molecule has 0 saturated heterocycles. The van der Waals surface area contributed by atoms with Gasteiger partial charge in [-0.15, -0.1) is 0 Å². The average Bonchev–Trinajstić information content (AvgIpc) is 2.70. The van der Waals surface area contributed by atoms with E-state index in [1.54, 1.807) is 19.1 Å². The summed E-state index contributed by atoms with van der Waals surface area (Å²) >= 11 is 0. The third kappa shape index (κ3) is 6.82. The molecule has 2 aromatic rings. The number of amides is 2. The molecule has 0 saturated carbocycles. The van der Waals surface area contributed by atoms with Crippen LogP contribution in [0.5, 0.6) is 0 Å². The van der Waals surface area contributed by atoms with Crippen LogP contribution < -0.4 is 9.62 Å². The van der Waals surface area contributed by atoms with Crippen LogP contribution in [0.15, 0.2) is 48.5 Å². The lowest BCUT2D eigenvalue weighted by molar-refractivity contribution is -0.138. The van der Waals surface area contributed by atoms with Crippen molar-refractivity contribution in [3.8, 4) is 0 Å². The number of nitrogens with zero attached hydrogens (tertiary/aromatic N) is 2. The van der Waals surface area contributed by atoms with Crippen molar-refractivity contribution in [3.63, 3.8) is 0 Å². The number of aryl methyl sites for hydroxylation is 2. The summed E-state index contributed by atoms with van der Waals surface area (Å²) in [6, 6.07) is 14.3. The third-order valence-corrected chi connectivity index (χ3v) is 6.21. The van der Waals surface area contributed by atoms with Gasteiger partial charge in [-0.05, 0) is 56.0 Å². The van der Waals surface area contributed by atoms with Gasteiger partial charge in [0.25, 0.3) is 0 Å². The monoisotopic (exact) mass is 445 g/mol. The van der Waals surface area contributed by atoms with Crippen LogP contribution in [0.25, 0.3) is 0 Å². The van der Waals surface area contributed by atoms with Crippen LogP contribution in [-0.2, 0) is 26.0 Å². The topological polar surface area (TPSA) is 86.8 Å². The minimum atomic E-state index is -3.71. The van der Waals surface area contributed by atoms with Crippen molar-refractivity contribution in [3.05, 3.63) is 65.2 Å². The lowest BCUT2D eigenvalue weighted by Crippen LogP contribution is -2.51. The zero-order valence-corrected chi connectivity index (χ0v) is 19.6. The first-order chi connectivity index (χ1) is 14.5. The number of rotatable bonds is 9. The molecule has 31 heavy (non-hydrogen) atoms. The molecular weight excluding hydrogens is 414 g/mol. The molecule has 0 fully saturated rings. The Morgan fingerprint density at radius 3 is 2.13 bits per heavy atom. The quantitative estimate of drug-likeness (QED) is 0.642. The molecule has 1 N–H and O–H groups in total. The Balaban J connectivity index is 2.32. The van der Waals surface area contributed by atoms with Crippen LogP contribution in [-0.4, -0.2) is 57.6 Å². The fourth-order valence-corrected chi connectivity index (χ4v) is 4.32. The molecule has 0 aliphatic carbocycles. The van der Waals surface area contributed by atoms with E-state index in [0.29, 0.717) is 18.7 Å². The van der Waals surface area contributed by atoms with E-state index >= 15 is 0 Å². The van der Waals surface area contributed by atoms with Gasteiger partial charge in [0.2, 0.25) is 21.8 Å². The van der Waals surface area contributed by atoms with Gasteiger partial charge in [0.1, 0.15) is 12.6 Å². The van der Waals surface area contributed by atoms with E-state index < -0.39 is 22.0 Å². The number of likely N-dealkylation sites (N-methyl/N-ethyl adjacent to an activating group) is 1. The number of benzene rings is 2. The maximum atomic E-state index is 13.3. The third-order valence-electron chi connectivity index (χ3n) is 5.07. The van der Waals surface area contributed by atoms with Crippen LogP contribution >= 0.6 is 0 Å². The molecular formula is C23H31N3O4S. The predicted octanol–water partition coefficient (Wildman–Crippen LogP) is 2.28. The van der Waals surface area contributed by atoms with E-state index in [1.165, 1.54) is 11.9 Å². The fraction of sp³-hybridized carbons (Fsp3) is 0.391. The van der Waals surface area contributed by atoms with E-state index in [1.807, 2.05) is 50.2 Å². The van der Waals surface area contributed by atoms with Gasteiger partial charge in [-0.2, -0.15) is 0 Å². The fourth-order valence-electron chi connectivity index (χ4n) is 3.49. The van der Waals surface area contributed by atoms with E-state index in [2.05, 4.69) is 5.32 Å². The van der Waals surface area contributed by atoms with Crippen LogP contribution in [0.3, 0.4) is 0 Å². The summed E-state index contributed by atoms with van der Waals surface area (Å²) in [5, 5.41) is 2.56. The van der Waals surface area contributed by atoms with Crippen LogP contribution in [0.1, 0.15) is 23.6 Å². The predicted molar refractivity (Wildman–Crippen MR) is 123 cm³/mol. The Morgan fingerprint density at radius 2 is 1.61 bits per heavy atom. The first-order valence-corrected chi connectivity index (χ1v) is 12.0. The second-order valence-corrected chi connectivity index (χ2v) is 9.64. The van der Waals surface area contributed by atoms with Crippen molar-refractivity contribution in [2.45, 2.75) is 33.2 Å². The Bertz CT molecular complexity index is 1000. The summed E-state index contributed by atoms with van der Waals surface area (Å²) < 4.78 is 26.2. The SMILES string of the molecule is CNC(=O)[C@H](C)N(CCc1ccccc1)C(=O)CN(c1cc(C)cc(C)c1)S(C)(=O)=O. The Hall–Kier alpha value is -2.87. The molecule has 0 aliphatic heterocycles. The normalized spacial score (nSPS) is 12.2. The van der Waals surface area contributed by atoms with E-state index in [0.717, 1.165) is 27.3 Å². The van der Waals surface area contributed by atoms with Crippen molar-refractivity contribution in [1.29, 1.82) is 0 Å². The number of carbonyl (C=O) groups excluding carboxylic acids is 2. The number of nitrogens with one attached hydrogen (secondary N) is 1. The lowest BCUT2D eigenvalue weighted by Gasteiger charge is -2.31. The highest BCUT2D eigenvalue weighted by molar-refractivity contribution is 7.92. The van der Waals surface area contributed by atoms with Gasteiger partial charge >= 0.3 is 0 Å². The summed E-state index contributed by atoms with van der Waals surface area (Å²) in [5.74, 6) is -0.740. The summed E-state index contributed by atoms with van der Waals surface area (Å²) in [6.07, 6.45) is 1.63. The molecule has 168 valence electrons. The Morgan fingerprint density at radius 1 is 1.03 bits per heavy atom. The first-order valence-electron chi connectivity index (χ1n) is 10.1. The average molecular weight is 446 g/mol. The molecule has 0 bridgehead atoms. The summed E-state index contributed by atoms with van der Waals surface area (Å²) in [5.41, 5.74) is 3.26. The van der Waals surface area contributed by atoms with Gasteiger partial charge in [-0.3, -0.25) is 13.9 Å². The number of hydrogen-bond donors (Lipinski definition) is 1. The van der Waals surface area contributed by atoms with E-state index in [4.69, 9.17) is 0 Å². The van der Waals surface area contributed by atoms with Crippen LogP contribution in [0.4, 0.5) is 5.69 Å². The molecule has 2 rings (SSSR count). The Kier molecular flexibility index (Phi) is 8.21. The van der Waals surface area contributed by atoms with Crippen molar-refractivity contribution in [2.24, 2.45) is 0 Å². The molecule has 8 heteroatoms. The first kappa shape index (κ1) is 24.4. The van der Waals surface area contributed by atoms with Gasteiger partial charge in [-0.1, -0.05) is 36.4 Å². The molecule has 0 aromatic heterocycles. The number of anilines is 1. The van der Waals surface area contributed by atoms with Gasteiger partial charge in [-0.25, -0.2) is 8.42 Å². The summed E-state index contributed by atoms with van der Waals surface area (Å²) in [6.45, 7) is 5.31. The second kappa shape index (κ2) is 10.4. The largest absolute Gasteiger partial charge is 0.357 e. The number of hydrogen-bond acceptors (Lipinski definition) is 4. The molecule has 2 aromatic carbocycles. The van der Waals surface area contributed by atoms with E-state index in [9.17, 15) is 18.0 Å². The smallest absolute Gasteiger partial charge is 0.244 e. The molecule has 0 radical (unpaired) electrons. The number of carbonyl (C=O) groups is 2. The van der Waals surface area contributed by atoms with Crippen molar-refractivity contribution in [2.75, 3.05) is 30.7 Å². The standard InChI is InChI=1S/C23H31N3O4S/c1-17-13-18(2)15-21(14-17)26(31(5,29)30)16-22(27)25(19(3)23(28)24-4)12-11-20-9-7-6-8-10-20/h6-10,13-15,19H,11-12,16H2,1-5H3,(H,24,28)/t19-/m0/s1. The van der Waals surface area contributed by atoms with Crippen molar-refractivity contribution in [1.82, 2.24) is 10.2 Å². The molecule has 0 spiro atoms. The van der Waals surface area contributed by atoms with Crippen LogP contribution in [0, 0.1) is 13.8 Å². The van der Waals surface area contributed by atoms with Gasteiger partial charge in [0.15, 0.2) is 0 Å². The zero-order chi connectivity index (χ0) is 23.2. The molecule has 1 atom stereocenters. The maximum Gasteiger partial charge on any atom is 0.244 e. The van der Waals surface area contributed by atoms with Crippen molar-refractivity contribution >= 4 is 27.5 Å². The summed E-state index contributed by atoms with van der Waals surface area (Å²) in [7, 11) is -2.20. The van der Waals surface area contributed by atoms with Crippen molar-refractivity contribution < 1.29 is 18.0 Å². The van der Waals surface area contributed by atoms with Gasteiger partial charge in [0.05, 0.1) is 11.9 Å². The highest BCUT2D eigenvalue weighted by Crippen LogP contribution is 2.22. The molecule has 7 nitrogen and oxygen atoms in total. The molecule has 0 unspecified atom stereocenters. The van der Waals surface area contributed by atoms with E-state index in [-0.39, 0.29) is 12.5 Å². The highest BCUT2D eigenvalue weighted by Gasteiger charge is 2.29.